The van der Waals surface area contributed by atoms with Gasteiger partial charge in [-0.1, -0.05) is 12.0 Å². The summed E-state index contributed by atoms with van der Waals surface area (Å²) >= 11 is 0. The van der Waals surface area contributed by atoms with Gasteiger partial charge in [-0.2, -0.15) is 5.26 Å². The van der Waals surface area contributed by atoms with E-state index >= 15 is 0 Å². The number of aryl methyl sites for hydroxylation is 1. The lowest BCUT2D eigenvalue weighted by Crippen LogP contribution is -2.39. The number of phenols is 1. The zero-order chi connectivity index (χ0) is 13.0. The lowest BCUT2D eigenvalue weighted by molar-refractivity contribution is 0.225. The first-order chi connectivity index (χ1) is 8.74. The van der Waals surface area contributed by atoms with Crippen molar-refractivity contribution in [2.24, 2.45) is 0 Å². The third kappa shape index (κ3) is 2.64. The van der Waals surface area contributed by atoms with Crippen LogP contribution in [0.1, 0.15) is 17.5 Å². The lowest BCUT2D eigenvalue weighted by Gasteiger charge is -2.32. The fraction of sp³-hybridized carbons (Fsp3) is 0.400. The minimum Gasteiger partial charge on any atom is -0.508 e. The number of aromatic hydroxyl groups is 1. The van der Waals surface area contributed by atoms with E-state index in [1.807, 2.05) is 17.0 Å². The van der Waals surface area contributed by atoms with Crippen molar-refractivity contribution in [1.29, 1.82) is 5.26 Å². The number of terminal acetylenes is 1. The van der Waals surface area contributed by atoms with E-state index < -0.39 is 0 Å². The van der Waals surface area contributed by atoms with Gasteiger partial charge in [0.2, 0.25) is 0 Å². The number of hydrogen-bond acceptors (Lipinski definition) is 3. The summed E-state index contributed by atoms with van der Waals surface area (Å²) in [5.74, 6) is 2.91. The van der Waals surface area contributed by atoms with E-state index in [0.29, 0.717) is 24.9 Å². The van der Waals surface area contributed by atoms with Gasteiger partial charge in [0.15, 0.2) is 0 Å². The van der Waals surface area contributed by atoms with Crippen LogP contribution in [0.3, 0.4) is 0 Å². The van der Waals surface area contributed by atoms with E-state index in [4.69, 9.17) is 11.7 Å². The molecule has 1 aliphatic carbocycles. The van der Waals surface area contributed by atoms with Crippen LogP contribution in [0, 0.1) is 23.7 Å². The lowest BCUT2D eigenvalue weighted by atomic mass is 9.87. The van der Waals surface area contributed by atoms with Crippen LogP contribution >= 0.6 is 0 Å². The Morgan fingerprint density at radius 1 is 1.39 bits per heavy atom. The van der Waals surface area contributed by atoms with Crippen LogP contribution in [-0.2, 0) is 12.8 Å². The Balaban J connectivity index is 2.15. The smallest absolute Gasteiger partial charge is 0.115 e. The first-order valence-corrected chi connectivity index (χ1v) is 6.10. The van der Waals surface area contributed by atoms with Gasteiger partial charge >= 0.3 is 0 Å². The predicted octanol–water partition coefficient (Wildman–Crippen LogP) is 1.71. The summed E-state index contributed by atoms with van der Waals surface area (Å²) in [5, 5.41) is 18.4. The highest BCUT2D eigenvalue weighted by molar-refractivity contribution is 5.37. The Kier molecular flexibility index (Phi) is 3.87. The molecule has 3 nitrogen and oxygen atoms in total. The maximum atomic E-state index is 9.52. The fourth-order valence-electron chi connectivity index (χ4n) is 2.56. The monoisotopic (exact) mass is 240 g/mol. The van der Waals surface area contributed by atoms with Crippen LogP contribution in [-0.4, -0.2) is 29.1 Å². The number of phenolic OH excluding ortho intramolecular Hbond substituents is 1. The second kappa shape index (κ2) is 5.58. The van der Waals surface area contributed by atoms with Gasteiger partial charge in [0.1, 0.15) is 5.75 Å². The molecule has 2 rings (SSSR count). The topological polar surface area (TPSA) is 47.3 Å². The van der Waals surface area contributed by atoms with E-state index in [-0.39, 0.29) is 0 Å². The second-order valence-corrected chi connectivity index (χ2v) is 4.62. The Labute approximate surface area is 108 Å². The molecule has 0 aliphatic heterocycles. The zero-order valence-corrected chi connectivity index (χ0v) is 10.3. The Hall–Kier alpha value is -1.97. The average Bonchev–Trinajstić information content (AvgIpc) is 2.37. The highest BCUT2D eigenvalue weighted by atomic mass is 16.3. The molecule has 0 aromatic heterocycles. The molecule has 1 aromatic carbocycles. The molecule has 0 amide bonds. The van der Waals surface area contributed by atoms with Crippen LogP contribution in [0.25, 0.3) is 0 Å². The molecule has 92 valence electrons. The predicted molar refractivity (Wildman–Crippen MR) is 69.9 cm³/mol. The third-order valence-electron chi connectivity index (χ3n) is 3.48. The Bertz CT molecular complexity index is 494. The van der Waals surface area contributed by atoms with Crippen molar-refractivity contribution < 1.29 is 5.11 Å². The molecule has 1 aromatic rings. The highest BCUT2D eigenvalue weighted by Gasteiger charge is 2.23. The van der Waals surface area contributed by atoms with E-state index in [0.717, 1.165) is 19.3 Å². The molecule has 0 fully saturated rings. The molecular weight excluding hydrogens is 224 g/mol. The van der Waals surface area contributed by atoms with Gasteiger partial charge in [0.05, 0.1) is 19.2 Å². The van der Waals surface area contributed by atoms with Gasteiger partial charge in [-0.05, 0) is 42.5 Å². The minimum atomic E-state index is 0.301. The summed E-state index contributed by atoms with van der Waals surface area (Å²) in [6.45, 7) is 0.870. The first kappa shape index (κ1) is 12.5. The first-order valence-electron chi connectivity index (χ1n) is 6.10. The molecule has 3 heteroatoms. The van der Waals surface area contributed by atoms with Crippen molar-refractivity contribution >= 4 is 0 Å². The van der Waals surface area contributed by atoms with Gasteiger partial charge in [-0.15, -0.1) is 6.42 Å². The molecule has 0 heterocycles. The number of rotatable bonds is 3. The maximum Gasteiger partial charge on any atom is 0.115 e. The van der Waals surface area contributed by atoms with Crippen molar-refractivity contribution in [1.82, 2.24) is 4.90 Å². The highest BCUT2D eigenvalue weighted by Crippen LogP contribution is 2.27. The fourth-order valence-corrected chi connectivity index (χ4v) is 2.56. The van der Waals surface area contributed by atoms with Gasteiger partial charge in [0, 0.05) is 6.04 Å². The molecule has 1 atom stereocenters. The number of benzene rings is 1. The number of hydrogen-bond donors (Lipinski definition) is 1. The minimum absolute atomic E-state index is 0.301. The molecule has 1 aliphatic rings. The van der Waals surface area contributed by atoms with Crippen LogP contribution in [0.15, 0.2) is 18.2 Å². The SMILES string of the molecule is C#CCN(CC#N)C1CCc2ccc(O)cc2C1. The summed E-state index contributed by atoms with van der Waals surface area (Å²) < 4.78 is 0. The molecule has 0 saturated heterocycles. The molecule has 0 bridgehead atoms. The van der Waals surface area contributed by atoms with Crippen LogP contribution in [0.5, 0.6) is 5.75 Å². The molecule has 0 spiro atoms. The quantitative estimate of drug-likeness (QED) is 0.646. The molecule has 0 radical (unpaired) electrons. The third-order valence-corrected chi connectivity index (χ3v) is 3.48. The zero-order valence-electron chi connectivity index (χ0n) is 10.3. The summed E-state index contributed by atoms with van der Waals surface area (Å²) in [5.41, 5.74) is 2.47. The average molecular weight is 240 g/mol. The van der Waals surface area contributed by atoms with Crippen molar-refractivity contribution in [2.75, 3.05) is 13.1 Å². The van der Waals surface area contributed by atoms with Crippen molar-refractivity contribution in [2.45, 2.75) is 25.3 Å². The van der Waals surface area contributed by atoms with E-state index in [1.165, 1.54) is 11.1 Å². The molecule has 18 heavy (non-hydrogen) atoms. The Morgan fingerprint density at radius 2 is 2.22 bits per heavy atom. The summed E-state index contributed by atoms with van der Waals surface area (Å²) in [7, 11) is 0. The number of nitriles is 1. The number of fused-ring (bicyclic) bond motifs is 1. The normalized spacial score (nSPS) is 17.8. The van der Waals surface area contributed by atoms with Gasteiger partial charge < -0.3 is 5.11 Å². The van der Waals surface area contributed by atoms with Crippen LogP contribution in [0.4, 0.5) is 0 Å². The van der Waals surface area contributed by atoms with E-state index in [1.54, 1.807) is 6.07 Å². The van der Waals surface area contributed by atoms with Gasteiger partial charge in [0.25, 0.3) is 0 Å². The Morgan fingerprint density at radius 3 is 2.94 bits per heavy atom. The van der Waals surface area contributed by atoms with Crippen molar-refractivity contribution in [3.05, 3.63) is 29.3 Å². The van der Waals surface area contributed by atoms with Crippen molar-refractivity contribution in [3.8, 4) is 24.2 Å². The largest absolute Gasteiger partial charge is 0.508 e. The standard InChI is InChI=1S/C15H16N2O/c1-2-8-17(9-7-16)14-5-3-12-4-6-15(18)11-13(12)10-14/h1,4,6,11,14,18H,3,5,8-10H2. The van der Waals surface area contributed by atoms with Gasteiger partial charge in [-0.3, -0.25) is 4.90 Å². The molecule has 1 unspecified atom stereocenters. The summed E-state index contributed by atoms with van der Waals surface area (Å²) in [6.07, 6.45) is 8.19. The van der Waals surface area contributed by atoms with Gasteiger partial charge in [-0.25, -0.2) is 0 Å². The number of nitrogens with zero attached hydrogens (tertiary/aromatic N) is 2. The van der Waals surface area contributed by atoms with Crippen LogP contribution in [0.2, 0.25) is 0 Å². The molecular formula is C15H16N2O. The summed E-state index contributed by atoms with van der Waals surface area (Å²) in [4.78, 5) is 2.03. The van der Waals surface area contributed by atoms with E-state index in [9.17, 15) is 5.11 Å². The second-order valence-electron chi connectivity index (χ2n) is 4.62. The molecule has 1 N–H and O–H groups in total. The van der Waals surface area contributed by atoms with Crippen LogP contribution < -0.4 is 0 Å². The maximum absolute atomic E-state index is 9.52. The van der Waals surface area contributed by atoms with Crippen molar-refractivity contribution in [3.63, 3.8) is 0 Å². The summed E-state index contributed by atoms with van der Waals surface area (Å²) in [6, 6.07) is 8.00. The van der Waals surface area contributed by atoms with E-state index in [2.05, 4.69) is 12.0 Å². The molecule has 0 saturated carbocycles.